The zero-order valence-electron chi connectivity index (χ0n) is 22.1. The first-order valence-electron chi connectivity index (χ1n) is 14.2. The van der Waals surface area contributed by atoms with Crippen LogP contribution in [0.2, 0.25) is 0 Å². The Balaban J connectivity index is 1.41. The number of aromatic nitrogens is 1. The summed E-state index contributed by atoms with van der Waals surface area (Å²) >= 11 is 3.80. The van der Waals surface area contributed by atoms with Crippen molar-refractivity contribution in [2.45, 2.75) is 0 Å². The minimum atomic E-state index is 0.918. The van der Waals surface area contributed by atoms with Crippen molar-refractivity contribution >= 4 is 118 Å². The summed E-state index contributed by atoms with van der Waals surface area (Å²) in [7, 11) is 0. The lowest BCUT2D eigenvalue weighted by Gasteiger charge is -2.10. The SMILES string of the molecule is c1ccc2c(c1)oc1cc(-n3c4cc5c6ccccc6sc5c5ccc6cc7sc8ccccc8c7c3c6c54)ccc12. The maximum Gasteiger partial charge on any atom is 0.137 e. The van der Waals surface area contributed by atoms with E-state index in [-0.39, 0.29) is 0 Å². The summed E-state index contributed by atoms with van der Waals surface area (Å²) < 4.78 is 14.3. The summed E-state index contributed by atoms with van der Waals surface area (Å²) in [5.74, 6) is 0. The van der Waals surface area contributed by atoms with Gasteiger partial charge in [0.2, 0.25) is 0 Å². The van der Waals surface area contributed by atoms with Crippen LogP contribution in [0.15, 0.2) is 120 Å². The van der Waals surface area contributed by atoms with Crippen LogP contribution in [-0.4, -0.2) is 4.57 Å². The predicted octanol–water partition coefficient (Wildman–Crippen LogP) is 12.0. The number of rotatable bonds is 1. The summed E-state index contributed by atoms with van der Waals surface area (Å²) in [5.41, 5.74) is 5.51. The molecule has 11 aromatic rings. The highest BCUT2D eigenvalue weighted by Gasteiger charge is 2.24. The van der Waals surface area contributed by atoms with E-state index in [4.69, 9.17) is 4.42 Å². The third kappa shape index (κ3) is 2.57. The molecule has 4 aromatic heterocycles. The first-order valence-corrected chi connectivity index (χ1v) is 15.8. The molecule has 194 valence electrons. The van der Waals surface area contributed by atoms with Crippen LogP contribution in [0.25, 0.3) is 101 Å². The largest absolute Gasteiger partial charge is 0.456 e. The van der Waals surface area contributed by atoms with E-state index in [0.29, 0.717) is 0 Å². The molecule has 4 heterocycles. The Hall–Kier alpha value is -4.90. The van der Waals surface area contributed by atoms with Crippen molar-refractivity contribution in [2.24, 2.45) is 0 Å². The van der Waals surface area contributed by atoms with Crippen LogP contribution in [0.4, 0.5) is 0 Å². The van der Waals surface area contributed by atoms with Gasteiger partial charge in [0.1, 0.15) is 11.2 Å². The topological polar surface area (TPSA) is 18.1 Å². The summed E-state index contributed by atoms with van der Waals surface area (Å²) in [6, 6.07) is 42.3. The number of furan rings is 1. The number of fused-ring (bicyclic) bond motifs is 11. The Morgan fingerprint density at radius 1 is 0.476 bits per heavy atom. The predicted molar refractivity (Wildman–Crippen MR) is 183 cm³/mol. The van der Waals surface area contributed by atoms with Crippen LogP contribution >= 0.6 is 22.7 Å². The van der Waals surface area contributed by atoms with Crippen molar-refractivity contribution in [2.75, 3.05) is 0 Å². The van der Waals surface area contributed by atoms with E-state index in [1.807, 2.05) is 28.7 Å². The summed E-state index contributed by atoms with van der Waals surface area (Å²) in [5, 5.41) is 13.0. The summed E-state index contributed by atoms with van der Waals surface area (Å²) in [6.07, 6.45) is 0. The number of para-hydroxylation sites is 1. The van der Waals surface area contributed by atoms with Gasteiger partial charge in [-0.1, -0.05) is 66.7 Å². The van der Waals surface area contributed by atoms with Gasteiger partial charge in [-0.15, -0.1) is 22.7 Å². The molecule has 2 nitrogen and oxygen atoms in total. The fraction of sp³-hybridized carbons (Fsp3) is 0. The molecule has 11 rings (SSSR count). The molecular weight excluding hydrogens is 551 g/mol. The highest BCUT2D eigenvalue weighted by atomic mass is 32.1. The molecule has 0 bridgehead atoms. The standard InChI is InChI=1S/C38H19NOS2/c1-4-10-29-22(7-1)23-16-14-21(18-30(23)40-29)39-28-19-27-24-8-2-5-11-31(24)42-38(27)26-15-13-20-17-33-36(37(39)34(20)35(26)28)25-9-3-6-12-32(25)41-33/h1-19H. The first-order chi connectivity index (χ1) is 20.8. The van der Waals surface area contributed by atoms with Crippen molar-refractivity contribution < 1.29 is 4.42 Å². The molecule has 0 unspecified atom stereocenters. The van der Waals surface area contributed by atoms with E-state index in [2.05, 4.69) is 114 Å². The van der Waals surface area contributed by atoms with Gasteiger partial charge < -0.3 is 8.98 Å². The van der Waals surface area contributed by atoms with Gasteiger partial charge in [-0.3, -0.25) is 0 Å². The fourth-order valence-electron chi connectivity index (χ4n) is 7.39. The number of thiophene rings is 2. The van der Waals surface area contributed by atoms with E-state index < -0.39 is 0 Å². The molecule has 0 radical (unpaired) electrons. The molecule has 0 saturated carbocycles. The quantitative estimate of drug-likeness (QED) is 0.180. The van der Waals surface area contributed by atoms with Gasteiger partial charge in [0.25, 0.3) is 0 Å². The monoisotopic (exact) mass is 569 g/mol. The third-order valence-electron chi connectivity index (χ3n) is 9.12. The van der Waals surface area contributed by atoms with Crippen molar-refractivity contribution in [1.29, 1.82) is 0 Å². The highest BCUT2D eigenvalue weighted by molar-refractivity contribution is 7.27. The van der Waals surface area contributed by atoms with Crippen LogP contribution in [0, 0.1) is 0 Å². The molecule has 0 atom stereocenters. The van der Waals surface area contributed by atoms with E-state index in [0.717, 1.165) is 27.6 Å². The van der Waals surface area contributed by atoms with Gasteiger partial charge in [-0.2, -0.15) is 0 Å². The molecule has 0 aliphatic heterocycles. The summed E-state index contributed by atoms with van der Waals surface area (Å²) in [4.78, 5) is 0. The third-order valence-corrected chi connectivity index (χ3v) is 11.5. The van der Waals surface area contributed by atoms with Crippen LogP contribution < -0.4 is 0 Å². The normalized spacial score (nSPS) is 12.8. The zero-order chi connectivity index (χ0) is 27.1. The average Bonchev–Trinajstić information content (AvgIpc) is 3.78. The molecule has 0 aliphatic rings. The van der Waals surface area contributed by atoms with Crippen molar-refractivity contribution in [3.63, 3.8) is 0 Å². The fourth-order valence-corrected chi connectivity index (χ4v) is 9.76. The lowest BCUT2D eigenvalue weighted by atomic mass is 9.98. The van der Waals surface area contributed by atoms with Crippen LogP contribution in [-0.2, 0) is 0 Å². The van der Waals surface area contributed by atoms with E-state index in [9.17, 15) is 0 Å². The highest BCUT2D eigenvalue weighted by Crippen LogP contribution is 2.50. The molecule has 0 N–H and O–H groups in total. The molecule has 4 heteroatoms. The second-order valence-corrected chi connectivity index (χ2v) is 13.4. The second kappa shape index (κ2) is 7.48. The van der Waals surface area contributed by atoms with E-state index >= 15 is 0 Å². The number of hydrogen-bond donors (Lipinski definition) is 0. The maximum absolute atomic E-state index is 6.41. The van der Waals surface area contributed by atoms with Gasteiger partial charge in [-0.25, -0.2) is 0 Å². The Bertz CT molecular complexity index is 2910. The van der Waals surface area contributed by atoms with Gasteiger partial charge in [-0.05, 0) is 47.9 Å². The molecular formula is C38H19NOS2. The maximum atomic E-state index is 6.41. The van der Waals surface area contributed by atoms with Gasteiger partial charge >= 0.3 is 0 Å². The van der Waals surface area contributed by atoms with Gasteiger partial charge in [0.05, 0.1) is 11.0 Å². The molecule has 42 heavy (non-hydrogen) atoms. The Morgan fingerprint density at radius 3 is 2.12 bits per heavy atom. The van der Waals surface area contributed by atoms with Gasteiger partial charge in [0.15, 0.2) is 0 Å². The summed E-state index contributed by atoms with van der Waals surface area (Å²) in [6.45, 7) is 0. The Morgan fingerprint density at radius 2 is 1.21 bits per heavy atom. The van der Waals surface area contributed by atoms with Crippen LogP contribution in [0.3, 0.4) is 0 Å². The van der Waals surface area contributed by atoms with Gasteiger partial charge in [0, 0.05) is 79.0 Å². The average molecular weight is 570 g/mol. The number of nitrogens with zero attached hydrogens (tertiary/aromatic N) is 1. The van der Waals surface area contributed by atoms with Crippen molar-refractivity contribution in [3.05, 3.63) is 115 Å². The van der Waals surface area contributed by atoms with Crippen LogP contribution in [0.5, 0.6) is 0 Å². The molecule has 0 saturated heterocycles. The molecule has 0 amide bonds. The van der Waals surface area contributed by atoms with E-state index in [1.54, 1.807) is 0 Å². The second-order valence-electron chi connectivity index (χ2n) is 11.3. The molecule has 7 aromatic carbocycles. The van der Waals surface area contributed by atoms with Crippen molar-refractivity contribution in [1.82, 2.24) is 4.57 Å². The lowest BCUT2D eigenvalue weighted by molar-refractivity contribution is 0.668. The minimum Gasteiger partial charge on any atom is -0.456 e. The zero-order valence-corrected chi connectivity index (χ0v) is 23.8. The number of hydrogen-bond acceptors (Lipinski definition) is 3. The Kier molecular flexibility index (Phi) is 3.88. The molecule has 0 fully saturated rings. The van der Waals surface area contributed by atoms with E-state index in [1.165, 1.54) is 72.9 Å². The molecule has 0 aliphatic carbocycles. The number of benzene rings is 7. The van der Waals surface area contributed by atoms with Crippen LogP contribution in [0.1, 0.15) is 0 Å². The first kappa shape index (κ1) is 21.8. The Labute approximate surface area is 246 Å². The smallest absolute Gasteiger partial charge is 0.137 e. The molecule has 0 spiro atoms. The van der Waals surface area contributed by atoms with Crippen molar-refractivity contribution in [3.8, 4) is 5.69 Å². The lowest BCUT2D eigenvalue weighted by Crippen LogP contribution is -1.94. The minimum absolute atomic E-state index is 0.918.